The number of Topliss-reactive ketones (excluding diaryl/α,β-unsaturated/α-hetero) is 1. The first-order valence-corrected chi connectivity index (χ1v) is 5.27. The van der Waals surface area contributed by atoms with Crippen LogP contribution in [0.1, 0.15) is 16.8 Å². The molecule has 0 N–H and O–H groups in total. The number of ether oxygens (including phenoxy) is 1. The lowest BCUT2D eigenvalue weighted by atomic mass is 9.87. The van der Waals surface area contributed by atoms with Crippen LogP contribution in [-0.4, -0.2) is 18.0 Å². The Hall–Kier alpha value is -1.41. The Morgan fingerprint density at radius 3 is 2.60 bits per heavy atom. The highest BCUT2D eigenvalue weighted by Gasteiger charge is 2.40. The number of ketones is 1. The van der Waals surface area contributed by atoms with Crippen LogP contribution in [0, 0.1) is 5.92 Å². The molecule has 0 radical (unpaired) electrons. The second-order valence-electron chi connectivity index (χ2n) is 4.10. The van der Waals surface area contributed by atoms with Crippen molar-refractivity contribution in [1.82, 2.24) is 0 Å². The molecular formula is C13H12O2. The zero-order valence-electron chi connectivity index (χ0n) is 8.30. The Morgan fingerprint density at radius 1 is 1.20 bits per heavy atom. The molecule has 2 bridgehead atoms. The zero-order chi connectivity index (χ0) is 10.3. The van der Waals surface area contributed by atoms with Crippen molar-refractivity contribution in [2.75, 3.05) is 0 Å². The third-order valence-corrected chi connectivity index (χ3v) is 3.13. The van der Waals surface area contributed by atoms with Gasteiger partial charge in [-0.15, -0.1) is 0 Å². The second-order valence-corrected chi connectivity index (χ2v) is 4.10. The molecule has 2 aliphatic rings. The van der Waals surface area contributed by atoms with E-state index in [1.165, 1.54) is 0 Å². The van der Waals surface area contributed by atoms with E-state index in [4.69, 9.17) is 4.74 Å². The monoisotopic (exact) mass is 200 g/mol. The van der Waals surface area contributed by atoms with Gasteiger partial charge in [-0.05, 0) is 6.42 Å². The van der Waals surface area contributed by atoms with Crippen LogP contribution in [0.2, 0.25) is 0 Å². The number of hydrogen-bond acceptors (Lipinski definition) is 2. The van der Waals surface area contributed by atoms with Gasteiger partial charge in [-0.1, -0.05) is 42.5 Å². The van der Waals surface area contributed by atoms with Gasteiger partial charge >= 0.3 is 0 Å². The Morgan fingerprint density at radius 2 is 2.00 bits per heavy atom. The maximum atomic E-state index is 12.1. The van der Waals surface area contributed by atoms with Crippen LogP contribution in [0.25, 0.3) is 0 Å². The standard InChI is InChI=1S/C13H12O2/c14-13(9-4-2-1-3-5-9)11-8-10-6-7-12(11)15-10/h1-7,10-12H,8H2. The van der Waals surface area contributed by atoms with E-state index in [2.05, 4.69) is 6.08 Å². The summed E-state index contributed by atoms with van der Waals surface area (Å²) < 4.78 is 5.60. The van der Waals surface area contributed by atoms with Gasteiger partial charge in [-0.2, -0.15) is 0 Å². The molecule has 0 amide bonds. The van der Waals surface area contributed by atoms with E-state index >= 15 is 0 Å². The van der Waals surface area contributed by atoms with Crippen LogP contribution in [-0.2, 0) is 4.74 Å². The van der Waals surface area contributed by atoms with Crippen LogP contribution in [0.5, 0.6) is 0 Å². The number of carbonyl (C=O) groups is 1. The first-order valence-electron chi connectivity index (χ1n) is 5.27. The van der Waals surface area contributed by atoms with Crippen molar-refractivity contribution in [1.29, 1.82) is 0 Å². The van der Waals surface area contributed by atoms with E-state index in [-0.39, 0.29) is 23.9 Å². The van der Waals surface area contributed by atoms with Crippen molar-refractivity contribution in [3.63, 3.8) is 0 Å². The fourth-order valence-corrected chi connectivity index (χ4v) is 2.35. The molecule has 0 spiro atoms. The van der Waals surface area contributed by atoms with Crippen LogP contribution in [0.15, 0.2) is 42.5 Å². The molecule has 0 aromatic heterocycles. The van der Waals surface area contributed by atoms with E-state index in [1.54, 1.807) is 0 Å². The molecule has 2 heterocycles. The van der Waals surface area contributed by atoms with E-state index in [0.717, 1.165) is 12.0 Å². The maximum Gasteiger partial charge on any atom is 0.168 e. The van der Waals surface area contributed by atoms with Crippen molar-refractivity contribution in [2.24, 2.45) is 5.92 Å². The van der Waals surface area contributed by atoms with Gasteiger partial charge in [0, 0.05) is 5.56 Å². The lowest BCUT2D eigenvalue weighted by molar-refractivity contribution is 0.0806. The highest BCUT2D eigenvalue weighted by atomic mass is 16.5. The lowest BCUT2D eigenvalue weighted by Gasteiger charge is -2.13. The molecule has 2 heteroatoms. The summed E-state index contributed by atoms with van der Waals surface area (Å²) in [6.07, 6.45) is 5.10. The van der Waals surface area contributed by atoms with E-state index in [1.807, 2.05) is 36.4 Å². The molecule has 1 saturated heterocycles. The van der Waals surface area contributed by atoms with Gasteiger partial charge in [-0.25, -0.2) is 0 Å². The molecule has 76 valence electrons. The van der Waals surface area contributed by atoms with Gasteiger partial charge in [-0.3, -0.25) is 4.79 Å². The summed E-state index contributed by atoms with van der Waals surface area (Å²) in [5, 5.41) is 0. The van der Waals surface area contributed by atoms with Gasteiger partial charge < -0.3 is 4.74 Å². The van der Waals surface area contributed by atoms with Gasteiger partial charge in [0.05, 0.1) is 18.1 Å². The smallest absolute Gasteiger partial charge is 0.168 e. The average Bonchev–Trinajstić information content (AvgIpc) is 2.91. The fourth-order valence-electron chi connectivity index (χ4n) is 2.35. The molecule has 0 saturated carbocycles. The molecule has 1 aromatic rings. The van der Waals surface area contributed by atoms with Crippen molar-refractivity contribution in [3.05, 3.63) is 48.0 Å². The zero-order valence-corrected chi connectivity index (χ0v) is 8.30. The lowest BCUT2D eigenvalue weighted by Crippen LogP contribution is -2.23. The Balaban J connectivity index is 1.85. The predicted octanol–water partition coefficient (Wildman–Crippen LogP) is 2.21. The van der Waals surface area contributed by atoms with Crippen LogP contribution < -0.4 is 0 Å². The van der Waals surface area contributed by atoms with Crippen LogP contribution >= 0.6 is 0 Å². The van der Waals surface area contributed by atoms with Gasteiger partial charge in [0.15, 0.2) is 5.78 Å². The quantitative estimate of drug-likeness (QED) is 0.540. The highest BCUT2D eigenvalue weighted by Crippen LogP contribution is 2.35. The van der Waals surface area contributed by atoms with Crippen molar-refractivity contribution >= 4 is 5.78 Å². The van der Waals surface area contributed by atoms with Gasteiger partial charge in [0.2, 0.25) is 0 Å². The minimum absolute atomic E-state index is 0.0164. The first-order chi connectivity index (χ1) is 7.34. The summed E-state index contributed by atoms with van der Waals surface area (Å²) >= 11 is 0. The highest BCUT2D eigenvalue weighted by molar-refractivity contribution is 5.98. The topological polar surface area (TPSA) is 26.3 Å². The third-order valence-electron chi connectivity index (χ3n) is 3.13. The van der Waals surface area contributed by atoms with E-state index < -0.39 is 0 Å². The largest absolute Gasteiger partial charge is 0.366 e. The Kier molecular flexibility index (Phi) is 1.96. The van der Waals surface area contributed by atoms with Crippen molar-refractivity contribution in [2.45, 2.75) is 18.6 Å². The molecule has 3 rings (SSSR count). The maximum absolute atomic E-state index is 12.1. The minimum atomic E-state index is 0.0164. The van der Waals surface area contributed by atoms with E-state index in [0.29, 0.717) is 0 Å². The summed E-state index contributed by atoms with van der Waals surface area (Å²) in [7, 11) is 0. The summed E-state index contributed by atoms with van der Waals surface area (Å²) in [5.74, 6) is 0.245. The fraction of sp³-hybridized carbons (Fsp3) is 0.308. The van der Waals surface area contributed by atoms with Crippen LogP contribution in [0.4, 0.5) is 0 Å². The first kappa shape index (κ1) is 8.86. The van der Waals surface area contributed by atoms with Crippen LogP contribution in [0.3, 0.4) is 0 Å². The molecule has 3 atom stereocenters. The Labute approximate surface area is 88.6 Å². The molecule has 1 fully saturated rings. The number of carbonyl (C=O) groups excluding carboxylic acids is 1. The second kappa shape index (κ2) is 3.31. The molecule has 1 aromatic carbocycles. The summed E-state index contributed by atoms with van der Waals surface area (Å²) in [4.78, 5) is 12.1. The predicted molar refractivity (Wildman–Crippen MR) is 56.7 cm³/mol. The SMILES string of the molecule is O=C(c1ccccc1)C1CC2C=CC1O2. The number of fused-ring (bicyclic) bond motifs is 2. The van der Waals surface area contributed by atoms with Gasteiger partial charge in [0.1, 0.15) is 0 Å². The number of hydrogen-bond donors (Lipinski definition) is 0. The normalized spacial score (nSPS) is 32.1. The molecule has 2 aliphatic heterocycles. The third kappa shape index (κ3) is 1.41. The molecule has 0 aliphatic carbocycles. The molecule has 2 nitrogen and oxygen atoms in total. The van der Waals surface area contributed by atoms with Gasteiger partial charge in [0.25, 0.3) is 0 Å². The van der Waals surface area contributed by atoms with Crippen molar-refractivity contribution in [3.8, 4) is 0 Å². The summed E-state index contributed by atoms with van der Waals surface area (Å²) in [5.41, 5.74) is 0.798. The Bertz CT molecular complexity index is 408. The number of benzene rings is 1. The van der Waals surface area contributed by atoms with E-state index in [9.17, 15) is 4.79 Å². The molecular weight excluding hydrogens is 188 g/mol. The molecule has 3 unspecified atom stereocenters. The molecule has 15 heavy (non-hydrogen) atoms. The minimum Gasteiger partial charge on any atom is -0.366 e. The summed E-state index contributed by atoms with van der Waals surface area (Å²) in [6, 6.07) is 9.47. The average molecular weight is 200 g/mol. The number of rotatable bonds is 2. The van der Waals surface area contributed by atoms with Crippen molar-refractivity contribution < 1.29 is 9.53 Å². The summed E-state index contributed by atoms with van der Waals surface area (Å²) in [6.45, 7) is 0.